The third kappa shape index (κ3) is 3.70. The molecule has 0 radical (unpaired) electrons. The van der Waals surface area contributed by atoms with Crippen LogP contribution in [0.1, 0.15) is 20.3 Å². The van der Waals surface area contributed by atoms with Crippen LogP contribution in [0, 0.1) is 5.92 Å². The van der Waals surface area contributed by atoms with Gasteiger partial charge in [0.15, 0.2) is 5.78 Å². The van der Waals surface area contributed by atoms with Crippen molar-refractivity contribution in [1.82, 2.24) is 9.55 Å². The molecular formula is C19H18BrClN2O. The van der Waals surface area contributed by atoms with E-state index in [2.05, 4.69) is 40.8 Å². The quantitative estimate of drug-likeness (QED) is 0.543. The Bertz CT molecular complexity index is 902. The van der Waals surface area contributed by atoms with Crippen molar-refractivity contribution in [2.24, 2.45) is 5.92 Å². The summed E-state index contributed by atoms with van der Waals surface area (Å²) in [6, 6.07) is 11.7. The van der Waals surface area contributed by atoms with E-state index in [1.54, 1.807) is 6.20 Å². The molecule has 24 heavy (non-hydrogen) atoms. The van der Waals surface area contributed by atoms with E-state index >= 15 is 0 Å². The van der Waals surface area contributed by atoms with Gasteiger partial charge in [0.05, 0.1) is 12.2 Å². The summed E-state index contributed by atoms with van der Waals surface area (Å²) in [5.41, 5.74) is 2.74. The van der Waals surface area contributed by atoms with Crippen LogP contribution in [-0.2, 0) is 11.3 Å². The monoisotopic (exact) mass is 404 g/mol. The first-order valence-electron chi connectivity index (χ1n) is 7.86. The average molecular weight is 406 g/mol. The fourth-order valence-electron chi connectivity index (χ4n) is 2.86. The molecule has 0 bridgehead atoms. The van der Waals surface area contributed by atoms with E-state index in [-0.39, 0.29) is 5.78 Å². The number of carbonyl (C=O) groups excluding carboxylic acids is 1. The second-order valence-electron chi connectivity index (χ2n) is 6.33. The Morgan fingerprint density at radius 1 is 1.29 bits per heavy atom. The summed E-state index contributed by atoms with van der Waals surface area (Å²) in [6.45, 7) is 4.43. The highest BCUT2D eigenvalue weighted by atomic mass is 79.9. The van der Waals surface area contributed by atoms with Gasteiger partial charge < -0.3 is 4.57 Å². The minimum absolute atomic E-state index is 0.204. The SMILES string of the molecule is CC(C)CC(=O)Cn1c(-c2cccc(Cl)c2)cc2cc(Br)cnc21. The molecule has 0 saturated carbocycles. The van der Waals surface area contributed by atoms with Gasteiger partial charge in [0.2, 0.25) is 0 Å². The Morgan fingerprint density at radius 2 is 2.08 bits per heavy atom. The van der Waals surface area contributed by atoms with Crippen molar-refractivity contribution in [1.29, 1.82) is 0 Å². The molecule has 0 unspecified atom stereocenters. The van der Waals surface area contributed by atoms with Crippen LogP contribution in [0.5, 0.6) is 0 Å². The van der Waals surface area contributed by atoms with Crippen LogP contribution >= 0.6 is 27.5 Å². The topological polar surface area (TPSA) is 34.9 Å². The summed E-state index contributed by atoms with van der Waals surface area (Å²) in [5.74, 6) is 0.548. The zero-order valence-electron chi connectivity index (χ0n) is 13.6. The first kappa shape index (κ1) is 17.2. The van der Waals surface area contributed by atoms with E-state index < -0.39 is 0 Å². The van der Waals surface area contributed by atoms with E-state index in [0.29, 0.717) is 23.9 Å². The van der Waals surface area contributed by atoms with Gasteiger partial charge in [-0.15, -0.1) is 0 Å². The van der Waals surface area contributed by atoms with Crippen molar-refractivity contribution in [2.75, 3.05) is 0 Å². The Morgan fingerprint density at radius 3 is 2.79 bits per heavy atom. The van der Waals surface area contributed by atoms with Gasteiger partial charge >= 0.3 is 0 Å². The minimum atomic E-state index is 0.204. The number of fused-ring (bicyclic) bond motifs is 1. The number of benzene rings is 1. The highest BCUT2D eigenvalue weighted by molar-refractivity contribution is 9.10. The zero-order valence-corrected chi connectivity index (χ0v) is 15.9. The number of Topliss-reactive ketones (excluding diaryl/α,β-unsaturated/α-hetero) is 1. The molecule has 0 saturated heterocycles. The lowest BCUT2D eigenvalue weighted by Gasteiger charge is -2.11. The molecule has 2 aromatic heterocycles. The van der Waals surface area contributed by atoms with Crippen molar-refractivity contribution in [3.05, 3.63) is 52.1 Å². The third-order valence-corrected chi connectivity index (χ3v) is 4.46. The number of pyridine rings is 1. The largest absolute Gasteiger partial charge is 0.318 e. The summed E-state index contributed by atoms with van der Waals surface area (Å²) >= 11 is 9.60. The number of halogens is 2. The van der Waals surface area contributed by atoms with Gasteiger partial charge in [0.25, 0.3) is 0 Å². The van der Waals surface area contributed by atoms with Crippen LogP contribution in [-0.4, -0.2) is 15.3 Å². The first-order valence-corrected chi connectivity index (χ1v) is 9.03. The molecule has 5 heteroatoms. The number of aromatic nitrogens is 2. The normalized spacial score (nSPS) is 11.4. The molecule has 0 atom stereocenters. The van der Waals surface area contributed by atoms with Crippen molar-refractivity contribution in [3.8, 4) is 11.3 Å². The van der Waals surface area contributed by atoms with E-state index in [1.165, 1.54) is 0 Å². The molecule has 0 amide bonds. The summed E-state index contributed by atoms with van der Waals surface area (Å²) < 4.78 is 2.90. The van der Waals surface area contributed by atoms with Crippen molar-refractivity contribution < 1.29 is 4.79 Å². The number of rotatable bonds is 5. The van der Waals surface area contributed by atoms with E-state index in [9.17, 15) is 4.79 Å². The molecular weight excluding hydrogens is 388 g/mol. The maximum atomic E-state index is 12.4. The molecule has 3 aromatic rings. The summed E-state index contributed by atoms with van der Waals surface area (Å²) in [6.07, 6.45) is 2.32. The first-order chi connectivity index (χ1) is 11.4. The zero-order chi connectivity index (χ0) is 17.3. The predicted molar refractivity (Wildman–Crippen MR) is 102 cm³/mol. The molecule has 0 fully saturated rings. The maximum absolute atomic E-state index is 12.4. The molecule has 0 aliphatic rings. The Balaban J connectivity index is 2.13. The van der Waals surface area contributed by atoms with Gasteiger partial charge in [-0.05, 0) is 51.7 Å². The molecule has 3 nitrogen and oxygen atoms in total. The molecule has 0 aliphatic carbocycles. The van der Waals surface area contributed by atoms with Gasteiger partial charge in [-0.2, -0.15) is 0 Å². The van der Waals surface area contributed by atoms with Crippen molar-refractivity contribution in [3.63, 3.8) is 0 Å². The third-order valence-electron chi connectivity index (χ3n) is 3.79. The highest BCUT2D eigenvalue weighted by Gasteiger charge is 2.16. The lowest BCUT2D eigenvalue weighted by molar-refractivity contribution is -0.120. The van der Waals surface area contributed by atoms with E-state index in [0.717, 1.165) is 26.8 Å². The summed E-state index contributed by atoms with van der Waals surface area (Å²) in [5, 5.41) is 1.67. The number of hydrogen-bond acceptors (Lipinski definition) is 2. The van der Waals surface area contributed by atoms with Gasteiger partial charge in [-0.25, -0.2) is 4.98 Å². The second-order valence-corrected chi connectivity index (χ2v) is 7.68. The standard InChI is InChI=1S/C19H18BrClN2O/c1-12(2)6-17(24)11-23-18(13-4-3-5-16(21)8-13)9-14-7-15(20)10-22-19(14)23/h3-5,7-10,12H,6,11H2,1-2H3. The summed E-state index contributed by atoms with van der Waals surface area (Å²) in [7, 11) is 0. The molecule has 0 N–H and O–H groups in total. The molecule has 3 rings (SSSR count). The average Bonchev–Trinajstić information content (AvgIpc) is 2.84. The fraction of sp³-hybridized carbons (Fsp3) is 0.263. The minimum Gasteiger partial charge on any atom is -0.318 e. The number of carbonyl (C=O) groups is 1. The predicted octanol–water partition coefficient (Wildman–Crippen LogP) is 5.73. The Labute approximate surface area is 154 Å². The van der Waals surface area contributed by atoms with Crippen LogP contribution in [0.25, 0.3) is 22.3 Å². The lowest BCUT2D eigenvalue weighted by atomic mass is 10.1. The fourth-order valence-corrected chi connectivity index (χ4v) is 3.40. The summed E-state index contributed by atoms with van der Waals surface area (Å²) in [4.78, 5) is 16.9. The molecule has 1 aromatic carbocycles. The molecule has 2 heterocycles. The maximum Gasteiger partial charge on any atom is 0.152 e. The number of nitrogens with zero attached hydrogens (tertiary/aromatic N) is 2. The number of hydrogen-bond donors (Lipinski definition) is 0. The van der Waals surface area contributed by atoms with Gasteiger partial charge in [-0.3, -0.25) is 4.79 Å². The molecule has 124 valence electrons. The van der Waals surface area contributed by atoms with Crippen LogP contribution in [0.15, 0.2) is 47.1 Å². The smallest absolute Gasteiger partial charge is 0.152 e. The van der Waals surface area contributed by atoms with Crippen molar-refractivity contribution >= 4 is 44.3 Å². The van der Waals surface area contributed by atoms with Gasteiger partial charge in [0.1, 0.15) is 5.65 Å². The van der Waals surface area contributed by atoms with Gasteiger partial charge in [-0.1, -0.05) is 37.6 Å². The number of ketones is 1. The van der Waals surface area contributed by atoms with Crippen LogP contribution in [0.4, 0.5) is 0 Å². The van der Waals surface area contributed by atoms with Gasteiger partial charge in [0, 0.05) is 27.5 Å². The van der Waals surface area contributed by atoms with Crippen LogP contribution < -0.4 is 0 Å². The van der Waals surface area contributed by atoms with E-state index in [4.69, 9.17) is 11.6 Å². The van der Waals surface area contributed by atoms with Crippen LogP contribution in [0.3, 0.4) is 0 Å². The lowest BCUT2D eigenvalue weighted by Crippen LogP contribution is -2.13. The van der Waals surface area contributed by atoms with E-state index in [1.807, 2.05) is 34.9 Å². The van der Waals surface area contributed by atoms with Crippen LogP contribution in [0.2, 0.25) is 5.02 Å². The second kappa shape index (κ2) is 7.08. The Kier molecular flexibility index (Phi) is 5.07. The highest BCUT2D eigenvalue weighted by Crippen LogP contribution is 2.30. The Hall–Kier alpha value is -1.65. The van der Waals surface area contributed by atoms with Crippen molar-refractivity contribution in [2.45, 2.75) is 26.8 Å². The molecule has 0 spiro atoms. The molecule has 0 aliphatic heterocycles.